The van der Waals surface area contributed by atoms with Crippen LogP contribution in [-0.4, -0.2) is 24.0 Å². The quantitative estimate of drug-likeness (QED) is 0.862. The number of benzene rings is 1. The van der Waals surface area contributed by atoms with Gasteiger partial charge in [-0.25, -0.2) is 0 Å². The predicted octanol–water partition coefficient (Wildman–Crippen LogP) is 2.67. The third-order valence-corrected chi connectivity index (χ3v) is 3.54. The Hall–Kier alpha value is -2.43. The molecule has 0 aliphatic heterocycles. The van der Waals surface area contributed by atoms with Crippen LogP contribution in [0.4, 0.5) is 0 Å². The topological polar surface area (TPSA) is 68.3 Å². The van der Waals surface area contributed by atoms with Gasteiger partial charge in [-0.2, -0.15) is 0 Å². The first-order valence-corrected chi connectivity index (χ1v) is 7.21. The van der Waals surface area contributed by atoms with Crippen molar-refractivity contribution in [2.75, 3.05) is 7.11 Å². The smallest absolute Gasteiger partial charge is 0.305 e. The van der Waals surface area contributed by atoms with E-state index in [1.807, 2.05) is 37.3 Å². The molecule has 5 nitrogen and oxygen atoms in total. The number of fused-ring (bicyclic) bond motifs is 1. The van der Waals surface area contributed by atoms with E-state index in [1.165, 1.54) is 14.0 Å². The summed E-state index contributed by atoms with van der Waals surface area (Å²) in [6, 6.07) is 9.51. The van der Waals surface area contributed by atoms with E-state index >= 15 is 0 Å². The molecular weight excluding hydrogens is 280 g/mol. The van der Waals surface area contributed by atoms with Crippen LogP contribution in [0.3, 0.4) is 0 Å². The number of carbonyl (C=O) groups is 2. The van der Waals surface area contributed by atoms with Crippen molar-refractivity contribution in [3.05, 3.63) is 41.6 Å². The van der Waals surface area contributed by atoms with Crippen LogP contribution in [0.25, 0.3) is 10.9 Å². The first-order chi connectivity index (χ1) is 10.5. The highest BCUT2D eigenvalue weighted by Crippen LogP contribution is 2.23. The van der Waals surface area contributed by atoms with Gasteiger partial charge in [0, 0.05) is 18.7 Å². The van der Waals surface area contributed by atoms with Gasteiger partial charge in [0.1, 0.15) is 0 Å². The van der Waals surface area contributed by atoms with Crippen LogP contribution < -0.4 is 5.32 Å². The van der Waals surface area contributed by atoms with Crippen LogP contribution in [0.5, 0.6) is 0 Å². The molecule has 0 unspecified atom stereocenters. The summed E-state index contributed by atoms with van der Waals surface area (Å²) in [5.74, 6) is -0.449. The van der Waals surface area contributed by atoms with E-state index in [1.54, 1.807) is 0 Å². The Labute approximate surface area is 129 Å². The second-order valence-corrected chi connectivity index (χ2v) is 5.25. The number of methoxy groups -OCH3 is 1. The molecule has 0 saturated heterocycles. The van der Waals surface area contributed by atoms with Gasteiger partial charge in [-0.15, -0.1) is 0 Å². The number of carbonyl (C=O) groups excluding carboxylic acids is 2. The summed E-state index contributed by atoms with van der Waals surface area (Å²) >= 11 is 0. The number of esters is 1. The zero-order chi connectivity index (χ0) is 16.1. The maximum atomic E-state index is 11.4. The molecule has 0 fully saturated rings. The van der Waals surface area contributed by atoms with Crippen LogP contribution in [-0.2, 0) is 14.3 Å². The Kier molecular flexibility index (Phi) is 5.09. The molecule has 2 aromatic rings. The normalized spacial score (nSPS) is 12.0. The Morgan fingerprint density at radius 3 is 2.73 bits per heavy atom. The van der Waals surface area contributed by atoms with Crippen molar-refractivity contribution in [3.8, 4) is 0 Å². The zero-order valence-corrected chi connectivity index (χ0v) is 13.1. The fourth-order valence-corrected chi connectivity index (χ4v) is 2.46. The molecule has 1 amide bonds. The number of para-hydroxylation sites is 1. The molecule has 0 saturated carbocycles. The predicted molar refractivity (Wildman–Crippen MR) is 84.3 cm³/mol. The lowest BCUT2D eigenvalue weighted by Crippen LogP contribution is -2.27. The van der Waals surface area contributed by atoms with Gasteiger partial charge in [-0.1, -0.05) is 18.2 Å². The van der Waals surface area contributed by atoms with Crippen molar-refractivity contribution in [1.29, 1.82) is 0 Å². The molecule has 2 rings (SSSR count). The van der Waals surface area contributed by atoms with Crippen molar-refractivity contribution < 1.29 is 14.3 Å². The standard InChI is InChI=1S/C17H20N2O3/c1-11-10-16(19-14-7-5-4-6-13(11)14)15(18-12(2)20)8-9-17(21)22-3/h4-7,10,15H,8-9H2,1-3H3,(H,18,20)/t15-/m0/s1. The second kappa shape index (κ2) is 7.02. The third-order valence-electron chi connectivity index (χ3n) is 3.54. The van der Waals surface area contributed by atoms with Crippen LogP contribution in [0.2, 0.25) is 0 Å². The molecule has 0 aliphatic carbocycles. The minimum Gasteiger partial charge on any atom is -0.469 e. The van der Waals surface area contributed by atoms with E-state index in [4.69, 9.17) is 0 Å². The van der Waals surface area contributed by atoms with Gasteiger partial charge in [0.05, 0.1) is 24.4 Å². The van der Waals surface area contributed by atoms with Crippen molar-refractivity contribution in [2.24, 2.45) is 0 Å². The van der Waals surface area contributed by atoms with Gasteiger partial charge < -0.3 is 10.1 Å². The Bertz CT molecular complexity index is 697. The molecule has 1 heterocycles. The summed E-state index contributed by atoms with van der Waals surface area (Å²) in [6.07, 6.45) is 0.687. The minimum atomic E-state index is -0.306. The molecular formula is C17H20N2O3. The Balaban J connectivity index is 2.33. The van der Waals surface area contributed by atoms with Gasteiger partial charge in [0.25, 0.3) is 0 Å². The van der Waals surface area contributed by atoms with Crippen LogP contribution in [0.1, 0.15) is 37.1 Å². The van der Waals surface area contributed by atoms with E-state index < -0.39 is 0 Å². The number of nitrogens with zero attached hydrogens (tertiary/aromatic N) is 1. The highest BCUT2D eigenvalue weighted by atomic mass is 16.5. The molecule has 0 spiro atoms. The van der Waals surface area contributed by atoms with Crippen LogP contribution >= 0.6 is 0 Å². The zero-order valence-electron chi connectivity index (χ0n) is 13.1. The van der Waals surface area contributed by atoms with Crippen LogP contribution in [0, 0.1) is 6.92 Å². The third kappa shape index (κ3) is 3.81. The van der Waals surface area contributed by atoms with E-state index in [0.717, 1.165) is 22.2 Å². The average molecular weight is 300 g/mol. The monoisotopic (exact) mass is 300 g/mol. The molecule has 5 heteroatoms. The molecule has 0 radical (unpaired) electrons. The highest BCUT2D eigenvalue weighted by Gasteiger charge is 2.17. The fourth-order valence-electron chi connectivity index (χ4n) is 2.46. The summed E-state index contributed by atoms with van der Waals surface area (Å²) in [7, 11) is 1.36. The summed E-state index contributed by atoms with van der Waals surface area (Å²) < 4.78 is 4.66. The number of pyridine rings is 1. The minimum absolute atomic E-state index is 0.150. The van der Waals surface area contributed by atoms with E-state index in [-0.39, 0.29) is 24.3 Å². The van der Waals surface area contributed by atoms with Crippen molar-refractivity contribution >= 4 is 22.8 Å². The van der Waals surface area contributed by atoms with E-state index in [2.05, 4.69) is 15.0 Å². The maximum Gasteiger partial charge on any atom is 0.305 e. The van der Waals surface area contributed by atoms with Crippen molar-refractivity contribution in [2.45, 2.75) is 32.7 Å². The summed E-state index contributed by atoms with van der Waals surface area (Å²) in [5, 5.41) is 3.94. The molecule has 22 heavy (non-hydrogen) atoms. The summed E-state index contributed by atoms with van der Waals surface area (Å²) in [4.78, 5) is 27.4. The van der Waals surface area contributed by atoms with Crippen molar-refractivity contribution in [1.82, 2.24) is 10.3 Å². The number of aromatic nitrogens is 1. The number of hydrogen-bond donors (Lipinski definition) is 1. The number of ether oxygens (including phenoxy) is 1. The van der Waals surface area contributed by atoms with Crippen LogP contribution in [0.15, 0.2) is 30.3 Å². The lowest BCUT2D eigenvalue weighted by Gasteiger charge is -2.18. The van der Waals surface area contributed by atoms with Gasteiger partial charge in [-0.05, 0) is 31.0 Å². The molecule has 0 bridgehead atoms. The fraction of sp³-hybridized carbons (Fsp3) is 0.353. The highest BCUT2D eigenvalue weighted by molar-refractivity contribution is 5.82. The average Bonchev–Trinajstić information content (AvgIpc) is 2.50. The maximum absolute atomic E-state index is 11.4. The lowest BCUT2D eigenvalue weighted by atomic mass is 10.0. The molecule has 1 aromatic heterocycles. The number of rotatable bonds is 5. The van der Waals surface area contributed by atoms with Crippen molar-refractivity contribution in [3.63, 3.8) is 0 Å². The Morgan fingerprint density at radius 1 is 1.32 bits per heavy atom. The molecule has 116 valence electrons. The number of aryl methyl sites for hydroxylation is 1. The van der Waals surface area contributed by atoms with Gasteiger partial charge >= 0.3 is 5.97 Å². The number of amides is 1. The van der Waals surface area contributed by atoms with Gasteiger partial charge in [-0.3, -0.25) is 14.6 Å². The summed E-state index contributed by atoms with van der Waals surface area (Å²) in [6.45, 7) is 3.47. The molecule has 1 atom stereocenters. The van der Waals surface area contributed by atoms with E-state index in [0.29, 0.717) is 6.42 Å². The first kappa shape index (κ1) is 15.9. The summed E-state index contributed by atoms with van der Waals surface area (Å²) in [5.41, 5.74) is 2.73. The molecule has 1 N–H and O–H groups in total. The number of hydrogen-bond acceptors (Lipinski definition) is 4. The van der Waals surface area contributed by atoms with E-state index in [9.17, 15) is 9.59 Å². The SMILES string of the molecule is COC(=O)CC[C@H](NC(C)=O)c1cc(C)c2ccccc2n1. The number of nitrogens with one attached hydrogen (secondary N) is 1. The second-order valence-electron chi connectivity index (χ2n) is 5.25. The largest absolute Gasteiger partial charge is 0.469 e. The molecule has 0 aliphatic rings. The molecule has 1 aromatic carbocycles. The Morgan fingerprint density at radius 2 is 2.05 bits per heavy atom. The van der Waals surface area contributed by atoms with Gasteiger partial charge in [0.2, 0.25) is 5.91 Å². The first-order valence-electron chi connectivity index (χ1n) is 7.21. The van der Waals surface area contributed by atoms with Gasteiger partial charge in [0.15, 0.2) is 0 Å². The lowest BCUT2D eigenvalue weighted by molar-refractivity contribution is -0.141.